The number of anilines is 2. The number of carbonyl (C=O) groups is 1. The first-order chi connectivity index (χ1) is 17.1. The third kappa shape index (κ3) is 4.78. The molecule has 1 amide bonds. The second-order valence-corrected chi connectivity index (χ2v) is 11.5. The molecule has 12 heteroatoms. The van der Waals surface area contributed by atoms with Gasteiger partial charge >= 0.3 is 0 Å². The average molecular weight is 512 g/mol. The van der Waals surface area contributed by atoms with Gasteiger partial charge in [0.2, 0.25) is 21.5 Å². The smallest absolute Gasteiger partial charge is 0.250 e. The van der Waals surface area contributed by atoms with Gasteiger partial charge in [-0.2, -0.15) is 9.40 Å². The van der Waals surface area contributed by atoms with Crippen LogP contribution in [0.15, 0.2) is 46.5 Å². The fourth-order valence-corrected chi connectivity index (χ4v) is 6.00. The van der Waals surface area contributed by atoms with Crippen molar-refractivity contribution in [3.05, 3.63) is 52.7 Å². The number of rotatable bonds is 6. The minimum atomic E-state index is -3.65. The van der Waals surface area contributed by atoms with Crippen molar-refractivity contribution in [3.8, 4) is 11.1 Å². The summed E-state index contributed by atoms with van der Waals surface area (Å²) in [4.78, 5) is 34.2. The van der Waals surface area contributed by atoms with Gasteiger partial charge in [0.05, 0.1) is 6.20 Å². The average Bonchev–Trinajstić information content (AvgIpc) is 3.60. The molecule has 2 aliphatic rings. The Labute approximate surface area is 209 Å². The largest absolute Gasteiger partial charge is 0.353 e. The normalized spacial score (nSPS) is 18.9. The number of nitrogens with zero attached hydrogens (tertiary/aromatic N) is 5. The Kier molecular flexibility index (Phi) is 6.17. The van der Waals surface area contributed by atoms with E-state index in [1.165, 1.54) is 27.4 Å². The number of carbonyl (C=O) groups excluding carboxylic acids is 1. The highest BCUT2D eigenvalue weighted by molar-refractivity contribution is 7.89. The van der Waals surface area contributed by atoms with Gasteiger partial charge < -0.3 is 15.2 Å². The second kappa shape index (κ2) is 9.17. The lowest BCUT2D eigenvalue weighted by atomic mass is 10.0. The molecule has 1 saturated carbocycles. The molecule has 3 aromatic heterocycles. The highest BCUT2D eigenvalue weighted by Crippen LogP contribution is 2.32. The van der Waals surface area contributed by atoms with E-state index in [1.807, 2.05) is 24.8 Å². The number of aryl methyl sites for hydroxylation is 2. The molecule has 1 saturated heterocycles. The Morgan fingerprint density at radius 3 is 2.61 bits per heavy atom. The van der Waals surface area contributed by atoms with Crippen molar-refractivity contribution < 1.29 is 13.2 Å². The van der Waals surface area contributed by atoms with Crippen molar-refractivity contribution >= 4 is 27.6 Å². The van der Waals surface area contributed by atoms with E-state index >= 15 is 0 Å². The molecule has 0 radical (unpaired) electrons. The summed E-state index contributed by atoms with van der Waals surface area (Å²) in [6, 6.07) is 5.02. The van der Waals surface area contributed by atoms with Crippen LogP contribution in [-0.2, 0) is 21.9 Å². The van der Waals surface area contributed by atoms with Gasteiger partial charge in [0, 0.05) is 57.1 Å². The first-order valence-corrected chi connectivity index (χ1v) is 13.3. The Hall–Kier alpha value is -3.51. The topological polar surface area (TPSA) is 133 Å². The van der Waals surface area contributed by atoms with E-state index in [4.69, 9.17) is 0 Å². The van der Waals surface area contributed by atoms with Crippen molar-refractivity contribution in [1.29, 1.82) is 0 Å². The zero-order valence-electron chi connectivity index (χ0n) is 20.4. The Balaban J connectivity index is 1.39. The maximum atomic E-state index is 13.0. The standard InChI is InChI=1S/C24H29N7O4S/c1-15-11-25-21(27-24(33)17-4-5-17)10-20(15)18-8-22(28-23(32)9-18)31-7-6-30(13-16(31)2)36(34,35)19-12-26-29(3)14-19/h8-12,14,16-17H,4-7,13H2,1-3H3,(H,28,32)(H,25,27,33)/t16-/m0/s1. The highest BCUT2D eigenvalue weighted by Gasteiger charge is 2.34. The molecule has 1 aliphatic heterocycles. The molecule has 0 aromatic carbocycles. The van der Waals surface area contributed by atoms with Gasteiger partial charge in [-0.3, -0.25) is 14.3 Å². The van der Waals surface area contributed by atoms with Gasteiger partial charge in [0.25, 0.3) is 0 Å². The third-order valence-corrected chi connectivity index (χ3v) is 8.48. The quantitative estimate of drug-likeness (QED) is 0.515. The number of aromatic amines is 1. The van der Waals surface area contributed by atoms with Gasteiger partial charge in [-0.1, -0.05) is 0 Å². The number of H-pyrrole nitrogens is 1. The molecule has 11 nitrogen and oxygen atoms in total. The number of hydrogen-bond donors (Lipinski definition) is 2. The maximum absolute atomic E-state index is 13.0. The lowest BCUT2D eigenvalue weighted by Gasteiger charge is -2.40. The van der Waals surface area contributed by atoms with Gasteiger partial charge in [-0.05, 0) is 55.5 Å². The summed E-state index contributed by atoms with van der Waals surface area (Å²) >= 11 is 0. The Morgan fingerprint density at radius 1 is 1.17 bits per heavy atom. The van der Waals surface area contributed by atoms with E-state index in [0.717, 1.165) is 24.0 Å². The number of sulfonamides is 1. The van der Waals surface area contributed by atoms with Crippen LogP contribution >= 0.6 is 0 Å². The summed E-state index contributed by atoms with van der Waals surface area (Å²) in [5.41, 5.74) is 2.11. The van der Waals surface area contributed by atoms with Crippen LogP contribution in [0.25, 0.3) is 11.1 Å². The van der Waals surface area contributed by atoms with Crippen molar-refractivity contribution in [1.82, 2.24) is 24.1 Å². The molecule has 3 aromatic rings. The van der Waals surface area contributed by atoms with Crippen molar-refractivity contribution in [3.63, 3.8) is 0 Å². The molecule has 5 rings (SSSR count). The summed E-state index contributed by atoms with van der Waals surface area (Å²) in [6.45, 7) is 4.80. The van der Waals surface area contributed by atoms with Crippen LogP contribution in [0.2, 0.25) is 0 Å². The molecular weight excluding hydrogens is 482 g/mol. The van der Waals surface area contributed by atoms with E-state index in [0.29, 0.717) is 23.7 Å². The number of amides is 1. The van der Waals surface area contributed by atoms with Crippen LogP contribution in [0.1, 0.15) is 25.3 Å². The molecule has 1 atom stereocenters. The SMILES string of the molecule is Cc1cnc(NC(=O)C2CC2)cc1-c1cc(N2CCN(S(=O)(=O)c3cnn(C)c3)C[C@@H]2C)[nH]c(=O)c1. The van der Waals surface area contributed by atoms with Gasteiger partial charge in [-0.15, -0.1) is 0 Å². The molecule has 4 heterocycles. The summed E-state index contributed by atoms with van der Waals surface area (Å²) in [5.74, 6) is 1.10. The van der Waals surface area contributed by atoms with E-state index in [-0.39, 0.29) is 41.4 Å². The number of aromatic nitrogens is 4. The minimum Gasteiger partial charge on any atom is -0.353 e. The first-order valence-electron chi connectivity index (χ1n) is 11.9. The van der Waals surface area contributed by atoms with E-state index < -0.39 is 10.0 Å². The van der Waals surface area contributed by atoms with Crippen molar-refractivity contribution in [2.24, 2.45) is 13.0 Å². The fourth-order valence-electron chi connectivity index (χ4n) is 4.50. The van der Waals surface area contributed by atoms with Gasteiger partial charge in [0.15, 0.2) is 0 Å². The zero-order chi connectivity index (χ0) is 25.6. The van der Waals surface area contributed by atoms with Crippen LogP contribution in [0.5, 0.6) is 0 Å². The maximum Gasteiger partial charge on any atom is 0.250 e. The molecular formula is C24H29N7O4S. The molecule has 190 valence electrons. The number of piperazine rings is 1. The van der Waals surface area contributed by atoms with E-state index in [2.05, 4.69) is 20.4 Å². The molecule has 0 spiro atoms. The molecule has 0 unspecified atom stereocenters. The molecule has 0 bridgehead atoms. The second-order valence-electron chi connectivity index (χ2n) is 9.52. The molecule has 2 fully saturated rings. The predicted octanol–water partition coefficient (Wildman–Crippen LogP) is 1.73. The van der Waals surface area contributed by atoms with Gasteiger partial charge in [-0.25, -0.2) is 13.4 Å². The highest BCUT2D eigenvalue weighted by atomic mass is 32.2. The van der Waals surface area contributed by atoms with Crippen LogP contribution in [0.3, 0.4) is 0 Å². The molecule has 36 heavy (non-hydrogen) atoms. The Morgan fingerprint density at radius 2 is 1.94 bits per heavy atom. The van der Waals surface area contributed by atoms with E-state index in [9.17, 15) is 18.0 Å². The zero-order valence-corrected chi connectivity index (χ0v) is 21.2. The van der Waals surface area contributed by atoms with Crippen LogP contribution in [0.4, 0.5) is 11.6 Å². The van der Waals surface area contributed by atoms with Crippen LogP contribution in [0, 0.1) is 12.8 Å². The first kappa shape index (κ1) is 24.2. The fraction of sp³-hybridized carbons (Fsp3) is 0.417. The summed E-state index contributed by atoms with van der Waals surface area (Å²) in [6.07, 6.45) is 6.33. The summed E-state index contributed by atoms with van der Waals surface area (Å²) < 4.78 is 29.0. The number of nitrogens with one attached hydrogen (secondary N) is 2. The Bertz CT molecular complexity index is 1480. The predicted molar refractivity (Wildman–Crippen MR) is 135 cm³/mol. The monoisotopic (exact) mass is 511 g/mol. The van der Waals surface area contributed by atoms with Gasteiger partial charge in [0.1, 0.15) is 16.5 Å². The van der Waals surface area contributed by atoms with Crippen LogP contribution < -0.4 is 15.8 Å². The van der Waals surface area contributed by atoms with Crippen molar-refractivity contribution in [2.75, 3.05) is 29.9 Å². The summed E-state index contributed by atoms with van der Waals surface area (Å²) in [7, 11) is -1.97. The number of pyridine rings is 2. The van der Waals surface area contributed by atoms with Crippen molar-refractivity contribution in [2.45, 2.75) is 37.6 Å². The lowest BCUT2D eigenvalue weighted by molar-refractivity contribution is -0.117. The molecule has 1 aliphatic carbocycles. The van der Waals surface area contributed by atoms with Crippen LogP contribution in [-0.4, -0.2) is 64.1 Å². The van der Waals surface area contributed by atoms with E-state index in [1.54, 1.807) is 19.3 Å². The lowest BCUT2D eigenvalue weighted by Crippen LogP contribution is -2.54. The minimum absolute atomic E-state index is 0.0307. The summed E-state index contributed by atoms with van der Waals surface area (Å²) in [5, 5.41) is 6.84. The number of hydrogen-bond acceptors (Lipinski definition) is 7. The molecule has 2 N–H and O–H groups in total. The third-order valence-electron chi connectivity index (χ3n) is 6.66.